The van der Waals surface area contributed by atoms with Crippen LogP contribution in [0.4, 0.5) is 4.39 Å². The fraction of sp³-hybridized carbons (Fsp3) is 0.273. The largest absolute Gasteiger partial charge is 0.327 e. The Labute approximate surface area is 157 Å². The van der Waals surface area contributed by atoms with Crippen molar-refractivity contribution in [1.82, 2.24) is 18.9 Å². The van der Waals surface area contributed by atoms with Crippen LogP contribution in [0.2, 0.25) is 0 Å². The zero-order chi connectivity index (χ0) is 18.5. The number of aryl methyl sites for hydroxylation is 1. The van der Waals surface area contributed by atoms with Crippen molar-refractivity contribution in [3.05, 3.63) is 66.6 Å². The molecule has 1 unspecified atom stereocenters. The van der Waals surface area contributed by atoms with Gasteiger partial charge in [-0.3, -0.25) is 0 Å². The number of fused-ring (bicyclic) bond motifs is 1. The van der Waals surface area contributed by atoms with Crippen molar-refractivity contribution in [2.24, 2.45) is 5.92 Å². The highest BCUT2D eigenvalue weighted by molar-refractivity contribution is 5.79. The lowest BCUT2D eigenvalue weighted by Gasteiger charge is -2.17. The Morgan fingerprint density at radius 1 is 1.04 bits per heavy atom. The summed E-state index contributed by atoms with van der Waals surface area (Å²) in [5.74, 6) is 0.472. The van der Waals surface area contributed by atoms with Gasteiger partial charge in [0, 0.05) is 35.3 Å². The zero-order valence-corrected chi connectivity index (χ0v) is 15.4. The number of aromatic nitrogens is 4. The molecule has 1 aliphatic rings. The number of imidazole rings is 2. The van der Waals surface area contributed by atoms with Crippen LogP contribution in [0, 0.1) is 18.7 Å². The fourth-order valence-electron chi connectivity index (χ4n) is 3.82. The lowest BCUT2D eigenvalue weighted by molar-refractivity contribution is 0.489. The van der Waals surface area contributed by atoms with Crippen molar-refractivity contribution >= 4 is 5.65 Å². The molecule has 5 heteroatoms. The molecule has 1 fully saturated rings. The lowest BCUT2D eigenvalue weighted by Crippen LogP contribution is -2.08. The second kappa shape index (κ2) is 6.05. The Bertz CT molecular complexity index is 1120. The number of hydrogen-bond donors (Lipinski definition) is 0. The van der Waals surface area contributed by atoms with Crippen LogP contribution >= 0.6 is 0 Å². The van der Waals surface area contributed by atoms with Crippen LogP contribution < -0.4 is 0 Å². The smallest absolute Gasteiger partial charge is 0.136 e. The summed E-state index contributed by atoms with van der Waals surface area (Å²) in [7, 11) is 0. The number of hydrogen-bond acceptors (Lipinski definition) is 2. The van der Waals surface area contributed by atoms with Crippen LogP contribution in [0.5, 0.6) is 0 Å². The Morgan fingerprint density at radius 3 is 2.52 bits per heavy atom. The van der Waals surface area contributed by atoms with Gasteiger partial charge in [0.1, 0.15) is 11.5 Å². The van der Waals surface area contributed by atoms with Gasteiger partial charge in [-0.25, -0.2) is 14.4 Å². The van der Waals surface area contributed by atoms with Gasteiger partial charge in [0.25, 0.3) is 0 Å². The number of halogens is 1. The van der Waals surface area contributed by atoms with Crippen molar-refractivity contribution < 1.29 is 4.39 Å². The van der Waals surface area contributed by atoms with E-state index in [1.165, 1.54) is 25.0 Å². The maximum absolute atomic E-state index is 13.4. The van der Waals surface area contributed by atoms with Crippen molar-refractivity contribution in [3.63, 3.8) is 0 Å². The molecule has 1 atom stereocenters. The van der Waals surface area contributed by atoms with Crippen molar-refractivity contribution in [2.75, 3.05) is 0 Å². The van der Waals surface area contributed by atoms with Crippen LogP contribution in [0.1, 0.15) is 31.5 Å². The van der Waals surface area contributed by atoms with Gasteiger partial charge in [-0.2, -0.15) is 0 Å². The number of pyridine rings is 1. The van der Waals surface area contributed by atoms with E-state index in [9.17, 15) is 4.39 Å². The van der Waals surface area contributed by atoms with Crippen LogP contribution in [-0.4, -0.2) is 18.9 Å². The van der Waals surface area contributed by atoms with E-state index in [1.54, 1.807) is 12.1 Å². The maximum Gasteiger partial charge on any atom is 0.136 e. The third-order valence-electron chi connectivity index (χ3n) is 5.62. The van der Waals surface area contributed by atoms with Crippen LogP contribution in [0.25, 0.3) is 28.2 Å². The summed E-state index contributed by atoms with van der Waals surface area (Å²) in [5, 5.41) is 0. The van der Waals surface area contributed by atoms with Gasteiger partial charge in [0.05, 0.1) is 17.7 Å². The number of rotatable bonds is 4. The Hall–Kier alpha value is -2.95. The third-order valence-corrected chi connectivity index (χ3v) is 5.62. The summed E-state index contributed by atoms with van der Waals surface area (Å²) in [6.07, 6.45) is 8.47. The van der Waals surface area contributed by atoms with Gasteiger partial charge in [0.15, 0.2) is 0 Å². The molecule has 0 saturated heterocycles. The highest BCUT2D eigenvalue weighted by Crippen LogP contribution is 2.43. The molecule has 1 aliphatic carbocycles. The second-order valence-corrected chi connectivity index (χ2v) is 7.48. The van der Waals surface area contributed by atoms with E-state index in [4.69, 9.17) is 4.98 Å². The molecular formula is C22H21FN4. The summed E-state index contributed by atoms with van der Waals surface area (Å²) in [4.78, 5) is 9.16. The Kier molecular flexibility index (Phi) is 3.64. The van der Waals surface area contributed by atoms with Gasteiger partial charge in [-0.15, -0.1) is 0 Å². The van der Waals surface area contributed by atoms with Crippen LogP contribution in [0.3, 0.4) is 0 Å². The van der Waals surface area contributed by atoms with Gasteiger partial charge in [-0.05, 0) is 69.0 Å². The van der Waals surface area contributed by atoms with E-state index in [2.05, 4.69) is 40.1 Å². The predicted octanol–water partition coefficient (Wildman–Crippen LogP) is 5.28. The van der Waals surface area contributed by atoms with E-state index >= 15 is 0 Å². The first-order valence-corrected chi connectivity index (χ1v) is 9.38. The first kappa shape index (κ1) is 16.2. The minimum atomic E-state index is -0.235. The minimum absolute atomic E-state index is 0.235. The normalized spacial score (nSPS) is 15.4. The standard InChI is InChI=1S/C22H21FN4/c1-14-11-24-20-10-7-18(12-26(14)20)22-21(17-5-8-19(23)9-6-17)25-13-27(22)15(2)16-3-4-16/h5-13,15-16H,3-4H2,1-2H3. The molecule has 4 aromatic rings. The molecule has 0 radical (unpaired) electrons. The van der Waals surface area contributed by atoms with Crippen LogP contribution in [0.15, 0.2) is 55.1 Å². The summed E-state index contributed by atoms with van der Waals surface area (Å²) < 4.78 is 17.8. The molecule has 136 valence electrons. The molecule has 3 heterocycles. The molecule has 4 nitrogen and oxygen atoms in total. The fourth-order valence-corrected chi connectivity index (χ4v) is 3.82. The van der Waals surface area contributed by atoms with Crippen molar-refractivity contribution in [2.45, 2.75) is 32.7 Å². The first-order valence-electron chi connectivity index (χ1n) is 9.38. The highest BCUT2D eigenvalue weighted by atomic mass is 19.1. The highest BCUT2D eigenvalue weighted by Gasteiger charge is 2.31. The third kappa shape index (κ3) is 2.74. The predicted molar refractivity (Wildman–Crippen MR) is 104 cm³/mol. The molecule has 1 saturated carbocycles. The number of nitrogens with zero attached hydrogens (tertiary/aromatic N) is 4. The van der Waals surface area contributed by atoms with E-state index in [0.717, 1.165) is 33.9 Å². The van der Waals surface area contributed by atoms with E-state index in [0.29, 0.717) is 12.0 Å². The first-order chi connectivity index (χ1) is 13.1. The quantitative estimate of drug-likeness (QED) is 0.496. The second-order valence-electron chi connectivity index (χ2n) is 7.48. The Morgan fingerprint density at radius 2 is 1.78 bits per heavy atom. The summed E-state index contributed by atoms with van der Waals surface area (Å²) >= 11 is 0. The van der Waals surface area contributed by atoms with Gasteiger partial charge < -0.3 is 8.97 Å². The van der Waals surface area contributed by atoms with E-state index < -0.39 is 0 Å². The average Bonchev–Trinajstić information content (AvgIpc) is 3.34. The maximum atomic E-state index is 13.4. The molecular weight excluding hydrogens is 339 g/mol. The molecule has 0 bridgehead atoms. The minimum Gasteiger partial charge on any atom is -0.327 e. The van der Waals surface area contributed by atoms with Crippen molar-refractivity contribution in [1.29, 1.82) is 0 Å². The molecule has 0 spiro atoms. The Balaban J connectivity index is 1.72. The summed E-state index contributed by atoms with van der Waals surface area (Å²) in [5.41, 5.74) is 6.01. The molecule has 0 amide bonds. The molecule has 3 aromatic heterocycles. The zero-order valence-electron chi connectivity index (χ0n) is 15.4. The van der Waals surface area contributed by atoms with E-state index in [-0.39, 0.29) is 5.82 Å². The molecule has 0 N–H and O–H groups in total. The van der Waals surface area contributed by atoms with Crippen LogP contribution in [-0.2, 0) is 0 Å². The van der Waals surface area contributed by atoms with Gasteiger partial charge in [0.2, 0.25) is 0 Å². The molecule has 27 heavy (non-hydrogen) atoms. The van der Waals surface area contributed by atoms with Gasteiger partial charge >= 0.3 is 0 Å². The van der Waals surface area contributed by atoms with E-state index in [1.807, 2.05) is 18.6 Å². The molecule has 0 aliphatic heterocycles. The number of benzene rings is 1. The monoisotopic (exact) mass is 360 g/mol. The molecule has 5 rings (SSSR count). The summed E-state index contributed by atoms with van der Waals surface area (Å²) in [6, 6.07) is 11.1. The van der Waals surface area contributed by atoms with Crippen molar-refractivity contribution in [3.8, 4) is 22.5 Å². The average molecular weight is 360 g/mol. The molecule has 1 aromatic carbocycles. The lowest BCUT2D eigenvalue weighted by atomic mass is 10.0. The summed E-state index contributed by atoms with van der Waals surface area (Å²) in [6.45, 7) is 4.31. The SMILES string of the molecule is Cc1cnc2ccc(-c3c(-c4ccc(F)cc4)ncn3C(C)C3CC3)cn12. The topological polar surface area (TPSA) is 35.1 Å². The van der Waals surface area contributed by atoms with Gasteiger partial charge in [-0.1, -0.05) is 0 Å².